The monoisotopic (exact) mass is 277 g/mol. The molecule has 0 unspecified atom stereocenters. The summed E-state index contributed by atoms with van der Waals surface area (Å²) in [7, 11) is 3.56. The molecule has 0 bridgehead atoms. The molecule has 2 rings (SSSR count). The van der Waals surface area contributed by atoms with Gasteiger partial charge >= 0.3 is 0 Å². The van der Waals surface area contributed by atoms with E-state index in [1.54, 1.807) is 35.0 Å². The quantitative estimate of drug-likeness (QED) is 0.861. The summed E-state index contributed by atoms with van der Waals surface area (Å²) >= 11 is 1.67. The van der Waals surface area contributed by atoms with Crippen LogP contribution in [0.2, 0.25) is 0 Å². The van der Waals surface area contributed by atoms with Crippen molar-refractivity contribution >= 4 is 17.2 Å². The summed E-state index contributed by atoms with van der Waals surface area (Å²) in [5.41, 5.74) is 2.08. The van der Waals surface area contributed by atoms with Gasteiger partial charge < -0.3 is 4.90 Å². The molecule has 0 saturated carbocycles. The van der Waals surface area contributed by atoms with E-state index in [1.165, 1.54) is 0 Å². The second-order valence-corrected chi connectivity index (χ2v) is 5.72. The van der Waals surface area contributed by atoms with E-state index in [4.69, 9.17) is 0 Å². The standard InChI is InChI=1S/C14H19N3OS/c1-5-11(14(18)16(3)4)17-9-10(2)13(15-17)12-7-6-8-19-12/h6-9,11H,5H2,1-4H3/t11-/m0/s1. The molecule has 2 aromatic heterocycles. The third-order valence-corrected chi connectivity index (χ3v) is 3.98. The molecule has 5 heteroatoms. The zero-order valence-corrected chi connectivity index (χ0v) is 12.6. The Morgan fingerprint density at radius 3 is 2.79 bits per heavy atom. The van der Waals surface area contributed by atoms with Crippen LogP contribution in [0.5, 0.6) is 0 Å². The van der Waals surface area contributed by atoms with Gasteiger partial charge in [-0.15, -0.1) is 11.3 Å². The topological polar surface area (TPSA) is 38.1 Å². The molecule has 2 aromatic rings. The Balaban J connectivity index is 2.36. The Hall–Kier alpha value is -1.62. The van der Waals surface area contributed by atoms with Gasteiger partial charge in [0.15, 0.2) is 0 Å². The van der Waals surface area contributed by atoms with Gasteiger partial charge in [0.05, 0.1) is 4.88 Å². The number of hydrogen-bond donors (Lipinski definition) is 0. The first-order chi connectivity index (χ1) is 9.04. The molecule has 0 aromatic carbocycles. The van der Waals surface area contributed by atoms with Crippen LogP contribution >= 0.6 is 11.3 Å². The number of carbonyl (C=O) groups is 1. The average molecular weight is 277 g/mol. The van der Waals surface area contributed by atoms with E-state index in [1.807, 2.05) is 31.5 Å². The van der Waals surface area contributed by atoms with E-state index in [2.05, 4.69) is 11.2 Å². The molecule has 0 aliphatic rings. The Kier molecular flexibility index (Phi) is 4.04. The molecule has 0 fully saturated rings. The second kappa shape index (κ2) is 5.57. The SMILES string of the molecule is CC[C@@H](C(=O)N(C)C)n1cc(C)c(-c2cccs2)n1. The third kappa shape index (κ3) is 2.71. The van der Waals surface area contributed by atoms with Crippen LogP contribution in [-0.4, -0.2) is 34.7 Å². The van der Waals surface area contributed by atoms with E-state index in [0.29, 0.717) is 0 Å². The molecule has 0 aliphatic heterocycles. The van der Waals surface area contributed by atoms with Crippen molar-refractivity contribution in [1.82, 2.24) is 14.7 Å². The Labute approximate surface area is 117 Å². The van der Waals surface area contributed by atoms with Crippen molar-refractivity contribution in [3.63, 3.8) is 0 Å². The summed E-state index contributed by atoms with van der Waals surface area (Å²) in [5.74, 6) is 0.0859. The molecular formula is C14H19N3OS. The van der Waals surface area contributed by atoms with Gasteiger partial charge in [-0.2, -0.15) is 5.10 Å². The Morgan fingerprint density at radius 2 is 2.26 bits per heavy atom. The molecule has 1 amide bonds. The smallest absolute Gasteiger partial charge is 0.246 e. The van der Waals surface area contributed by atoms with Crippen LogP contribution in [0, 0.1) is 6.92 Å². The second-order valence-electron chi connectivity index (χ2n) is 4.77. The van der Waals surface area contributed by atoms with Crippen molar-refractivity contribution in [1.29, 1.82) is 0 Å². The van der Waals surface area contributed by atoms with E-state index in [9.17, 15) is 4.79 Å². The lowest BCUT2D eigenvalue weighted by Gasteiger charge is -2.19. The maximum atomic E-state index is 12.1. The first-order valence-corrected chi connectivity index (χ1v) is 7.23. The number of thiophene rings is 1. The molecule has 0 spiro atoms. The van der Waals surface area contributed by atoms with Crippen LogP contribution in [0.3, 0.4) is 0 Å². The highest BCUT2D eigenvalue weighted by Gasteiger charge is 2.22. The van der Waals surface area contributed by atoms with Crippen LogP contribution in [-0.2, 0) is 4.79 Å². The molecule has 102 valence electrons. The van der Waals surface area contributed by atoms with Crippen molar-refractivity contribution in [3.8, 4) is 10.6 Å². The van der Waals surface area contributed by atoms with Gasteiger partial charge in [0.2, 0.25) is 5.91 Å². The third-order valence-electron chi connectivity index (χ3n) is 3.10. The zero-order chi connectivity index (χ0) is 14.0. The fourth-order valence-electron chi connectivity index (χ4n) is 2.07. The fourth-order valence-corrected chi connectivity index (χ4v) is 2.85. The first-order valence-electron chi connectivity index (χ1n) is 6.35. The summed E-state index contributed by atoms with van der Waals surface area (Å²) in [5, 5.41) is 6.64. The van der Waals surface area contributed by atoms with Gasteiger partial charge in [0, 0.05) is 20.3 Å². The average Bonchev–Trinajstić information content (AvgIpc) is 2.99. The van der Waals surface area contributed by atoms with Gasteiger partial charge in [0.1, 0.15) is 11.7 Å². The number of hydrogen-bond acceptors (Lipinski definition) is 3. The van der Waals surface area contributed by atoms with Gasteiger partial charge in [0.25, 0.3) is 0 Å². The number of carbonyl (C=O) groups excluding carboxylic acids is 1. The van der Waals surface area contributed by atoms with Gasteiger partial charge in [-0.3, -0.25) is 9.48 Å². The van der Waals surface area contributed by atoms with Crippen molar-refractivity contribution < 1.29 is 4.79 Å². The molecule has 19 heavy (non-hydrogen) atoms. The molecule has 0 radical (unpaired) electrons. The van der Waals surface area contributed by atoms with Crippen LogP contribution in [0.15, 0.2) is 23.7 Å². The Bertz CT molecular complexity index is 557. The minimum atomic E-state index is -0.220. The summed E-state index contributed by atoms with van der Waals surface area (Å²) in [6.45, 7) is 4.04. The maximum Gasteiger partial charge on any atom is 0.246 e. The lowest BCUT2D eigenvalue weighted by molar-refractivity contribution is -0.132. The van der Waals surface area contributed by atoms with E-state index < -0.39 is 0 Å². The van der Waals surface area contributed by atoms with Crippen molar-refractivity contribution in [2.24, 2.45) is 0 Å². The van der Waals surface area contributed by atoms with E-state index in [0.717, 1.165) is 22.6 Å². The largest absolute Gasteiger partial charge is 0.347 e. The molecule has 0 N–H and O–H groups in total. The number of aryl methyl sites for hydroxylation is 1. The van der Waals surface area contributed by atoms with Crippen LogP contribution in [0.4, 0.5) is 0 Å². The highest BCUT2D eigenvalue weighted by Crippen LogP contribution is 2.27. The number of nitrogens with zero attached hydrogens (tertiary/aromatic N) is 3. The molecule has 0 saturated heterocycles. The number of rotatable bonds is 4. The predicted molar refractivity (Wildman–Crippen MR) is 78.3 cm³/mol. The molecule has 2 heterocycles. The lowest BCUT2D eigenvalue weighted by Crippen LogP contribution is -2.31. The van der Waals surface area contributed by atoms with E-state index in [-0.39, 0.29) is 11.9 Å². The minimum absolute atomic E-state index is 0.0859. The van der Waals surface area contributed by atoms with Crippen molar-refractivity contribution in [2.75, 3.05) is 14.1 Å². The van der Waals surface area contributed by atoms with Crippen LogP contribution in [0.25, 0.3) is 10.6 Å². The zero-order valence-electron chi connectivity index (χ0n) is 11.8. The summed E-state index contributed by atoms with van der Waals surface area (Å²) in [6.07, 6.45) is 2.70. The Morgan fingerprint density at radius 1 is 1.53 bits per heavy atom. The highest BCUT2D eigenvalue weighted by molar-refractivity contribution is 7.13. The normalized spacial score (nSPS) is 12.4. The van der Waals surface area contributed by atoms with Crippen molar-refractivity contribution in [2.45, 2.75) is 26.3 Å². The van der Waals surface area contributed by atoms with E-state index >= 15 is 0 Å². The summed E-state index contributed by atoms with van der Waals surface area (Å²) in [6, 6.07) is 3.85. The minimum Gasteiger partial charge on any atom is -0.347 e. The summed E-state index contributed by atoms with van der Waals surface area (Å²) in [4.78, 5) is 14.9. The fraction of sp³-hybridized carbons (Fsp3) is 0.429. The van der Waals surface area contributed by atoms with Crippen molar-refractivity contribution in [3.05, 3.63) is 29.3 Å². The lowest BCUT2D eigenvalue weighted by atomic mass is 10.2. The molecule has 4 nitrogen and oxygen atoms in total. The number of amides is 1. The maximum absolute atomic E-state index is 12.1. The molecular weight excluding hydrogens is 258 g/mol. The molecule has 0 aliphatic carbocycles. The van der Waals surface area contributed by atoms with Gasteiger partial charge in [-0.05, 0) is 30.4 Å². The molecule has 1 atom stereocenters. The van der Waals surface area contributed by atoms with Gasteiger partial charge in [-0.25, -0.2) is 0 Å². The highest BCUT2D eigenvalue weighted by atomic mass is 32.1. The predicted octanol–water partition coefficient (Wildman–Crippen LogP) is 2.96. The van der Waals surface area contributed by atoms with Crippen LogP contribution in [0.1, 0.15) is 24.9 Å². The number of aromatic nitrogens is 2. The number of likely N-dealkylation sites (N-methyl/N-ethyl adjacent to an activating group) is 1. The first kappa shape index (κ1) is 13.8. The van der Waals surface area contributed by atoms with Crippen LogP contribution < -0.4 is 0 Å². The summed E-state index contributed by atoms with van der Waals surface area (Å²) < 4.78 is 1.80. The van der Waals surface area contributed by atoms with Gasteiger partial charge in [-0.1, -0.05) is 13.0 Å².